The number of rotatable bonds is 1. The summed E-state index contributed by atoms with van der Waals surface area (Å²) < 4.78 is 0. The zero-order valence-electron chi connectivity index (χ0n) is 8.77. The van der Waals surface area contributed by atoms with Crippen LogP contribution in [-0.4, -0.2) is 0 Å². The van der Waals surface area contributed by atoms with E-state index in [9.17, 15) is 0 Å². The van der Waals surface area contributed by atoms with Crippen molar-refractivity contribution in [1.29, 1.82) is 0 Å². The molecule has 0 saturated carbocycles. The molecule has 0 aromatic heterocycles. The van der Waals surface area contributed by atoms with E-state index in [1.165, 1.54) is 40.7 Å². The summed E-state index contributed by atoms with van der Waals surface area (Å²) in [5.74, 6) is 0. The van der Waals surface area contributed by atoms with Gasteiger partial charge >= 0.3 is 0 Å². The molecule has 72 valence electrons. The van der Waals surface area contributed by atoms with E-state index in [0.29, 0.717) is 0 Å². The van der Waals surface area contributed by atoms with Crippen molar-refractivity contribution in [2.45, 2.75) is 26.2 Å². The highest BCUT2D eigenvalue weighted by Gasteiger charge is 2.15. The number of benzene rings is 1. The van der Waals surface area contributed by atoms with Crippen molar-refractivity contribution >= 4 is 11.6 Å². The van der Waals surface area contributed by atoms with Crippen LogP contribution in [0.5, 0.6) is 0 Å². The summed E-state index contributed by atoms with van der Waals surface area (Å²) in [6.07, 6.45) is 5.53. The third-order valence-electron chi connectivity index (χ3n) is 3.03. The van der Waals surface area contributed by atoms with Gasteiger partial charge in [0.1, 0.15) is 0 Å². The maximum Gasteiger partial charge on any atom is -0.0123 e. The van der Waals surface area contributed by atoms with Crippen LogP contribution in [0.3, 0.4) is 0 Å². The predicted octanol–water partition coefficient (Wildman–Crippen LogP) is 3.99. The summed E-state index contributed by atoms with van der Waals surface area (Å²) in [5, 5.41) is 0. The van der Waals surface area contributed by atoms with E-state index in [1.807, 2.05) is 6.08 Å². The maximum absolute atomic E-state index is 4.16. The standard InChI is InChI=1S/C14H16/c1-4-13-10(2)8-9-12-7-5-6-11(3)14(12)13/h4,8-9H,1,3,5-7H2,2H3. The van der Waals surface area contributed by atoms with Crippen molar-refractivity contribution in [2.75, 3.05) is 0 Å². The minimum atomic E-state index is 1.14. The number of fused-ring (bicyclic) bond motifs is 1. The highest BCUT2D eigenvalue weighted by Crippen LogP contribution is 2.34. The van der Waals surface area contributed by atoms with Crippen LogP contribution in [-0.2, 0) is 6.42 Å². The van der Waals surface area contributed by atoms with Gasteiger partial charge in [-0.2, -0.15) is 0 Å². The third kappa shape index (κ3) is 1.31. The van der Waals surface area contributed by atoms with E-state index in [4.69, 9.17) is 0 Å². The molecule has 1 aromatic rings. The van der Waals surface area contributed by atoms with Crippen molar-refractivity contribution in [3.63, 3.8) is 0 Å². The van der Waals surface area contributed by atoms with E-state index >= 15 is 0 Å². The van der Waals surface area contributed by atoms with Gasteiger partial charge in [-0.3, -0.25) is 0 Å². The number of allylic oxidation sites excluding steroid dienone is 1. The summed E-state index contributed by atoms with van der Waals surface area (Å²) in [5.41, 5.74) is 6.69. The highest BCUT2D eigenvalue weighted by atomic mass is 14.2. The van der Waals surface area contributed by atoms with Gasteiger partial charge in [0, 0.05) is 0 Å². The van der Waals surface area contributed by atoms with E-state index in [-0.39, 0.29) is 0 Å². The van der Waals surface area contributed by atoms with Crippen molar-refractivity contribution < 1.29 is 0 Å². The number of hydrogen-bond acceptors (Lipinski definition) is 0. The van der Waals surface area contributed by atoms with Gasteiger partial charge in [-0.15, -0.1) is 0 Å². The molecule has 0 bridgehead atoms. The Balaban J connectivity index is 2.69. The van der Waals surface area contributed by atoms with Gasteiger partial charge in [-0.1, -0.05) is 31.4 Å². The van der Waals surface area contributed by atoms with Crippen LogP contribution in [0.2, 0.25) is 0 Å². The fraction of sp³-hybridized carbons (Fsp3) is 0.286. The molecule has 0 heterocycles. The minimum absolute atomic E-state index is 1.14. The van der Waals surface area contributed by atoms with Crippen LogP contribution in [0, 0.1) is 6.92 Å². The molecule has 0 fully saturated rings. The Morgan fingerprint density at radius 2 is 2.07 bits per heavy atom. The summed E-state index contributed by atoms with van der Waals surface area (Å²) >= 11 is 0. The molecule has 0 aliphatic heterocycles. The second-order valence-electron chi connectivity index (χ2n) is 3.99. The first-order chi connectivity index (χ1) is 6.74. The Morgan fingerprint density at radius 3 is 2.79 bits per heavy atom. The summed E-state index contributed by atoms with van der Waals surface area (Å²) in [6, 6.07) is 4.43. The molecule has 1 aromatic carbocycles. The van der Waals surface area contributed by atoms with Crippen LogP contribution < -0.4 is 0 Å². The largest absolute Gasteiger partial charge is 0.0984 e. The normalized spacial score (nSPS) is 15.1. The van der Waals surface area contributed by atoms with Crippen LogP contribution in [0.15, 0.2) is 25.3 Å². The monoisotopic (exact) mass is 184 g/mol. The minimum Gasteiger partial charge on any atom is -0.0984 e. The summed E-state index contributed by atoms with van der Waals surface area (Å²) in [6.45, 7) is 10.2. The van der Waals surface area contributed by atoms with Crippen LogP contribution in [0.4, 0.5) is 0 Å². The first-order valence-corrected chi connectivity index (χ1v) is 5.17. The van der Waals surface area contributed by atoms with Gasteiger partial charge in [0.25, 0.3) is 0 Å². The first kappa shape index (κ1) is 9.26. The maximum atomic E-state index is 4.16. The van der Waals surface area contributed by atoms with Crippen molar-refractivity contribution in [2.24, 2.45) is 0 Å². The van der Waals surface area contributed by atoms with Gasteiger partial charge in [0.2, 0.25) is 0 Å². The van der Waals surface area contributed by atoms with Crippen LogP contribution in [0.1, 0.15) is 35.1 Å². The second-order valence-corrected chi connectivity index (χ2v) is 3.99. The lowest BCUT2D eigenvalue weighted by Gasteiger charge is -2.21. The smallest absolute Gasteiger partial charge is 0.0123 e. The Morgan fingerprint density at radius 1 is 1.29 bits per heavy atom. The number of aryl methyl sites for hydroxylation is 2. The molecule has 0 amide bonds. The zero-order chi connectivity index (χ0) is 10.1. The average molecular weight is 184 g/mol. The summed E-state index contributed by atoms with van der Waals surface area (Å²) in [7, 11) is 0. The fourth-order valence-electron chi connectivity index (χ4n) is 2.27. The lowest BCUT2D eigenvalue weighted by Crippen LogP contribution is -2.04. The first-order valence-electron chi connectivity index (χ1n) is 5.17. The predicted molar refractivity (Wildman–Crippen MR) is 63.2 cm³/mol. The molecule has 1 aliphatic rings. The lowest BCUT2D eigenvalue weighted by molar-refractivity contribution is 0.822. The molecule has 2 rings (SSSR count). The van der Waals surface area contributed by atoms with Gasteiger partial charge in [-0.05, 0) is 54.0 Å². The molecule has 14 heavy (non-hydrogen) atoms. The van der Waals surface area contributed by atoms with Crippen LogP contribution in [0.25, 0.3) is 11.6 Å². The van der Waals surface area contributed by atoms with Crippen LogP contribution >= 0.6 is 0 Å². The van der Waals surface area contributed by atoms with E-state index in [0.717, 1.165) is 6.42 Å². The second kappa shape index (κ2) is 3.45. The molecule has 0 radical (unpaired) electrons. The van der Waals surface area contributed by atoms with Gasteiger partial charge in [-0.25, -0.2) is 0 Å². The molecule has 1 aliphatic carbocycles. The quantitative estimate of drug-likeness (QED) is 0.619. The molecule has 0 saturated heterocycles. The zero-order valence-corrected chi connectivity index (χ0v) is 8.77. The average Bonchev–Trinajstić information content (AvgIpc) is 2.19. The molecule has 0 nitrogen and oxygen atoms in total. The molecule has 0 unspecified atom stereocenters. The number of hydrogen-bond donors (Lipinski definition) is 0. The van der Waals surface area contributed by atoms with Gasteiger partial charge in [0.15, 0.2) is 0 Å². The molecule has 0 heteroatoms. The van der Waals surface area contributed by atoms with E-state index < -0.39 is 0 Å². The van der Waals surface area contributed by atoms with Crippen molar-refractivity contribution in [3.8, 4) is 0 Å². The Labute approximate surface area is 86.0 Å². The Bertz CT molecular complexity index is 397. The SMILES string of the molecule is C=Cc1c(C)ccc2c1C(=C)CCC2. The highest BCUT2D eigenvalue weighted by molar-refractivity contribution is 5.77. The lowest BCUT2D eigenvalue weighted by atomic mass is 9.83. The summed E-state index contributed by atoms with van der Waals surface area (Å²) in [4.78, 5) is 0. The third-order valence-corrected chi connectivity index (χ3v) is 3.03. The molecule has 0 spiro atoms. The fourth-order valence-corrected chi connectivity index (χ4v) is 2.27. The van der Waals surface area contributed by atoms with Gasteiger partial charge in [0.05, 0.1) is 0 Å². The van der Waals surface area contributed by atoms with E-state index in [2.05, 4.69) is 32.2 Å². The van der Waals surface area contributed by atoms with Gasteiger partial charge < -0.3 is 0 Å². The molecule has 0 N–H and O–H groups in total. The molecular formula is C14H16. The van der Waals surface area contributed by atoms with Crippen molar-refractivity contribution in [1.82, 2.24) is 0 Å². The Kier molecular flexibility index (Phi) is 2.28. The Hall–Kier alpha value is -1.30. The van der Waals surface area contributed by atoms with E-state index in [1.54, 1.807) is 0 Å². The molecule has 0 atom stereocenters. The van der Waals surface area contributed by atoms with Crippen molar-refractivity contribution in [3.05, 3.63) is 47.5 Å². The topological polar surface area (TPSA) is 0 Å². The molecular weight excluding hydrogens is 168 g/mol.